The lowest BCUT2D eigenvalue weighted by Gasteiger charge is -2.34. The van der Waals surface area contributed by atoms with Crippen molar-refractivity contribution in [2.45, 2.75) is 30.8 Å². The van der Waals surface area contributed by atoms with Crippen molar-refractivity contribution in [3.8, 4) is 11.5 Å². The molecule has 12 heteroatoms. The maximum Gasteiger partial charge on any atom is 0.264 e. The molecule has 242 valence electrons. The minimum Gasteiger partial charge on any atom is -0.493 e. The average Bonchev–Trinajstić information content (AvgIpc) is 3.06. The number of hydrogen-bond acceptors (Lipinski definition) is 6. The second-order valence-electron chi connectivity index (χ2n) is 10.2. The van der Waals surface area contributed by atoms with Crippen LogP contribution in [0.3, 0.4) is 0 Å². The highest BCUT2D eigenvalue weighted by molar-refractivity contribution is 7.92. The van der Waals surface area contributed by atoms with E-state index < -0.39 is 40.2 Å². The third-order valence-electron chi connectivity index (χ3n) is 7.26. The third-order valence-corrected chi connectivity index (χ3v) is 9.28. The molecule has 1 N–H and O–H groups in total. The molecule has 0 aliphatic rings. The standard InChI is InChI=1S/C34H35ClFN3O6S/c1-4-37-34(41)30(20-24-10-6-5-7-11-24)38(22-25-12-8-9-13-29(25)36)33(40)23-39(27-16-14-26(35)15-17-27)46(42,43)28-18-19-31(44-2)32(21-28)45-3/h5-19,21,30H,4,20,22-23H2,1-3H3,(H,37,41)/t30-/m1/s1. The number of likely N-dealkylation sites (N-methyl/N-ethyl adjacent to an activating group) is 1. The molecule has 0 saturated heterocycles. The summed E-state index contributed by atoms with van der Waals surface area (Å²) in [6, 6.07) is 24.0. The van der Waals surface area contributed by atoms with Gasteiger partial charge in [-0.3, -0.25) is 13.9 Å². The number of benzene rings is 4. The highest BCUT2D eigenvalue weighted by Gasteiger charge is 2.35. The van der Waals surface area contributed by atoms with Gasteiger partial charge in [0.15, 0.2) is 11.5 Å². The number of rotatable bonds is 14. The van der Waals surface area contributed by atoms with Crippen LogP contribution in [0, 0.1) is 5.82 Å². The van der Waals surface area contributed by atoms with Crippen molar-refractivity contribution in [1.82, 2.24) is 10.2 Å². The van der Waals surface area contributed by atoms with Gasteiger partial charge in [-0.1, -0.05) is 60.1 Å². The Morgan fingerprint density at radius 1 is 0.891 bits per heavy atom. The Kier molecular flexibility index (Phi) is 11.6. The van der Waals surface area contributed by atoms with Crippen molar-refractivity contribution in [2.75, 3.05) is 31.6 Å². The SMILES string of the molecule is CCNC(=O)[C@@H](Cc1ccccc1)N(Cc1ccccc1F)C(=O)CN(c1ccc(Cl)cc1)S(=O)(=O)c1ccc(OC)c(OC)c1. The molecule has 0 saturated carbocycles. The number of ether oxygens (including phenoxy) is 2. The van der Waals surface area contributed by atoms with Crippen LogP contribution in [0.1, 0.15) is 18.1 Å². The zero-order chi connectivity index (χ0) is 33.3. The van der Waals surface area contributed by atoms with Crippen LogP contribution in [-0.4, -0.2) is 58.5 Å². The first-order valence-corrected chi connectivity index (χ1v) is 16.3. The molecule has 2 amide bonds. The predicted molar refractivity (Wildman–Crippen MR) is 175 cm³/mol. The first kappa shape index (κ1) is 34.3. The second kappa shape index (κ2) is 15.6. The summed E-state index contributed by atoms with van der Waals surface area (Å²) < 4.78 is 55.0. The van der Waals surface area contributed by atoms with Crippen LogP contribution in [0.5, 0.6) is 11.5 Å². The molecule has 0 unspecified atom stereocenters. The topological polar surface area (TPSA) is 105 Å². The number of carbonyl (C=O) groups excluding carboxylic acids is 2. The van der Waals surface area contributed by atoms with E-state index in [0.717, 1.165) is 9.87 Å². The fraction of sp³-hybridized carbons (Fsp3) is 0.235. The number of methoxy groups -OCH3 is 2. The molecule has 0 bridgehead atoms. The first-order valence-electron chi connectivity index (χ1n) is 14.4. The molecule has 0 aliphatic carbocycles. The number of halogens is 2. The highest BCUT2D eigenvalue weighted by Crippen LogP contribution is 2.33. The smallest absolute Gasteiger partial charge is 0.264 e. The Labute approximate surface area is 273 Å². The number of nitrogens with zero attached hydrogens (tertiary/aromatic N) is 2. The van der Waals surface area contributed by atoms with E-state index in [1.165, 1.54) is 79.8 Å². The summed E-state index contributed by atoms with van der Waals surface area (Å²) in [6.07, 6.45) is 0.107. The molecular formula is C34H35ClFN3O6S. The molecule has 0 aliphatic heterocycles. The van der Waals surface area contributed by atoms with Gasteiger partial charge in [-0.05, 0) is 55.0 Å². The zero-order valence-corrected chi connectivity index (χ0v) is 27.2. The van der Waals surface area contributed by atoms with Gasteiger partial charge in [0, 0.05) is 36.2 Å². The van der Waals surface area contributed by atoms with Crippen LogP contribution in [0.4, 0.5) is 10.1 Å². The van der Waals surface area contributed by atoms with Crippen molar-refractivity contribution < 1.29 is 31.9 Å². The molecule has 0 fully saturated rings. The Morgan fingerprint density at radius 3 is 2.17 bits per heavy atom. The first-order chi connectivity index (χ1) is 22.1. The third kappa shape index (κ3) is 8.15. The summed E-state index contributed by atoms with van der Waals surface area (Å²) in [6.45, 7) is 1.04. The van der Waals surface area contributed by atoms with E-state index >= 15 is 0 Å². The Balaban J connectivity index is 1.82. The van der Waals surface area contributed by atoms with Gasteiger partial charge in [-0.2, -0.15) is 0 Å². The molecule has 9 nitrogen and oxygen atoms in total. The molecule has 0 heterocycles. The maximum atomic E-state index is 15.0. The lowest BCUT2D eigenvalue weighted by atomic mass is 10.0. The Hall–Kier alpha value is -4.61. The van der Waals surface area contributed by atoms with Gasteiger partial charge in [0.25, 0.3) is 10.0 Å². The van der Waals surface area contributed by atoms with Crippen LogP contribution < -0.4 is 19.1 Å². The van der Waals surface area contributed by atoms with Crippen LogP contribution in [0.15, 0.2) is 102 Å². The minimum atomic E-state index is -4.42. The van der Waals surface area contributed by atoms with Gasteiger partial charge in [-0.15, -0.1) is 0 Å². The largest absolute Gasteiger partial charge is 0.493 e. The molecular weight excluding hydrogens is 633 g/mol. The summed E-state index contributed by atoms with van der Waals surface area (Å²) in [4.78, 5) is 29.0. The Bertz CT molecular complexity index is 1760. The van der Waals surface area contributed by atoms with E-state index in [4.69, 9.17) is 21.1 Å². The fourth-order valence-electron chi connectivity index (χ4n) is 4.90. The fourth-order valence-corrected chi connectivity index (χ4v) is 6.45. The monoisotopic (exact) mass is 667 g/mol. The number of sulfonamides is 1. The summed E-state index contributed by atoms with van der Waals surface area (Å²) in [5.74, 6) is -1.27. The number of amides is 2. The minimum absolute atomic E-state index is 0.107. The lowest BCUT2D eigenvalue weighted by Crippen LogP contribution is -2.53. The average molecular weight is 668 g/mol. The second-order valence-corrected chi connectivity index (χ2v) is 12.5. The van der Waals surface area contributed by atoms with E-state index in [1.807, 2.05) is 30.3 Å². The van der Waals surface area contributed by atoms with E-state index in [-0.39, 0.29) is 41.4 Å². The van der Waals surface area contributed by atoms with E-state index in [1.54, 1.807) is 13.0 Å². The van der Waals surface area contributed by atoms with E-state index in [2.05, 4.69) is 5.32 Å². The predicted octanol–water partition coefficient (Wildman–Crippen LogP) is 5.47. The molecule has 4 aromatic carbocycles. The van der Waals surface area contributed by atoms with Crippen LogP contribution >= 0.6 is 11.6 Å². The van der Waals surface area contributed by atoms with Gasteiger partial charge in [0.2, 0.25) is 11.8 Å². The van der Waals surface area contributed by atoms with Gasteiger partial charge < -0.3 is 19.7 Å². The van der Waals surface area contributed by atoms with Crippen LogP contribution in [0.25, 0.3) is 0 Å². The molecule has 46 heavy (non-hydrogen) atoms. The summed E-state index contributed by atoms with van der Waals surface area (Å²) in [5, 5.41) is 3.13. The van der Waals surface area contributed by atoms with Crippen molar-refractivity contribution in [3.63, 3.8) is 0 Å². The highest BCUT2D eigenvalue weighted by atomic mass is 35.5. The van der Waals surface area contributed by atoms with Gasteiger partial charge in [-0.25, -0.2) is 12.8 Å². The molecule has 0 radical (unpaired) electrons. The van der Waals surface area contributed by atoms with Gasteiger partial charge in [0.1, 0.15) is 18.4 Å². The molecule has 0 aromatic heterocycles. The molecule has 4 aromatic rings. The molecule has 4 rings (SSSR count). The normalized spacial score (nSPS) is 11.8. The van der Waals surface area contributed by atoms with E-state index in [0.29, 0.717) is 10.8 Å². The van der Waals surface area contributed by atoms with Crippen molar-refractivity contribution in [2.24, 2.45) is 0 Å². The van der Waals surface area contributed by atoms with Gasteiger partial charge >= 0.3 is 0 Å². The molecule has 1 atom stereocenters. The number of anilines is 1. The number of carbonyl (C=O) groups is 2. The van der Waals surface area contributed by atoms with Crippen molar-refractivity contribution in [3.05, 3.63) is 119 Å². The summed E-state index contributed by atoms with van der Waals surface area (Å²) in [7, 11) is -1.61. The zero-order valence-electron chi connectivity index (χ0n) is 25.7. The Morgan fingerprint density at radius 2 is 1.54 bits per heavy atom. The maximum absolute atomic E-state index is 15.0. The summed E-state index contributed by atoms with van der Waals surface area (Å²) in [5.41, 5.74) is 1.08. The quantitative estimate of drug-likeness (QED) is 0.191. The number of hydrogen-bond donors (Lipinski definition) is 1. The van der Waals surface area contributed by atoms with Crippen LogP contribution in [-0.2, 0) is 32.6 Å². The van der Waals surface area contributed by atoms with Gasteiger partial charge in [0.05, 0.1) is 24.8 Å². The van der Waals surface area contributed by atoms with E-state index in [9.17, 15) is 22.4 Å². The molecule has 0 spiro atoms. The van der Waals surface area contributed by atoms with Crippen molar-refractivity contribution in [1.29, 1.82) is 0 Å². The lowest BCUT2D eigenvalue weighted by molar-refractivity contribution is -0.140. The van der Waals surface area contributed by atoms with Crippen LogP contribution in [0.2, 0.25) is 5.02 Å². The number of nitrogens with one attached hydrogen (secondary N) is 1. The summed E-state index contributed by atoms with van der Waals surface area (Å²) >= 11 is 6.11. The van der Waals surface area contributed by atoms with Crippen molar-refractivity contribution >= 4 is 39.1 Å².